The lowest BCUT2D eigenvalue weighted by atomic mass is 9.96. The van der Waals surface area contributed by atoms with Gasteiger partial charge in [-0.1, -0.05) is 0 Å². The van der Waals surface area contributed by atoms with E-state index in [0.717, 1.165) is 18.0 Å². The van der Waals surface area contributed by atoms with Crippen LogP contribution in [0.1, 0.15) is 12.8 Å². The Morgan fingerprint density at radius 3 is 2.56 bits per heavy atom. The Kier molecular flexibility index (Phi) is 5.62. The molecule has 0 saturated carbocycles. The first-order valence-corrected chi connectivity index (χ1v) is 5.53. The third-order valence-electron chi connectivity index (χ3n) is 2.73. The van der Waals surface area contributed by atoms with Crippen molar-refractivity contribution in [3.63, 3.8) is 0 Å². The predicted octanol–water partition coefficient (Wildman–Crippen LogP) is 0.0720. The molecule has 0 bridgehead atoms. The second-order valence-corrected chi connectivity index (χ2v) is 3.92. The highest BCUT2D eigenvalue weighted by atomic mass is 19.3. The number of carbonyl (C=O) groups is 1. The first-order valence-electron chi connectivity index (χ1n) is 5.53. The summed E-state index contributed by atoms with van der Waals surface area (Å²) in [7, 11) is 0. The number of piperidine rings is 1. The first-order chi connectivity index (χ1) is 7.65. The molecule has 1 amide bonds. The number of nitrogens with zero attached hydrogens (tertiary/aromatic N) is 1. The number of halogens is 2. The predicted molar refractivity (Wildman–Crippen MR) is 55.3 cm³/mol. The van der Waals surface area contributed by atoms with Gasteiger partial charge in [0.05, 0.1) is 13.2 Å². The average molecular weight is 236 g/mol. The van der Waals surface area contributed by atoms with E-state index in [1.165, 1.54) is 0 Å². The summed E-state index contributed by atoms with van der Waals surface area (Å²) in [6, 6.07) is 0. The van der Waals surface area contributed by atoms with Crippen LogP contribution in [0.2, 0.25) is 0 Å². The minimum Gasteiger partial charge on any atom is -0.395 e. The van der Waals surface area contributed by atoms with Crippen LogP contribution in [0.25, 0.3) is 0 Å². The molecule has 2 N–H and O–H groups in total. The summed E-state index contributed by atoms with van der Waals surface area (Å²) in [6.45, 7) is 0.635. The van der Waals surface area contributed by atoms with Gasteiger partial charge in [-0.25, -0.2) is 8.78 Å². The van der Waals surface area contributed by atoms with E-state index in [4.69, 9.17) is 5.11 Å². The summed E-state index contributed by atoms with van der Waals surface area (Å²) in [4.78, 5) is 12.9. The Morgan fingerprint density at radius 2 is 2.06 bits per heavy atom. The molecule has 0 spiro atoms. The zero-order valence-electron chi connectivity index (χ0n) is 9.16. The van der Waals surface area contributed by atoms with Gasteiger partial charge in [0, 0.05) is 12.5 Å². The fourth-order valence-electron chi connectivity index (χ4n) is 1.91. The molecule has 1 saturated heterocycles. The Hall–Kier alpha value is -0.750. The zero-order valence-corrected chi connectivity index (χ0v) is 9.16. The minimum atomic E-state index is -2.54. The van der Waals surface area contributed by atoms with E-state index in [9.17, 15) is 13.6 Å². The zero-order chi connectivity index (χ0) is 12.0. The van der Waals surface area contributed by atoms with E-state index in [1.807, 2.05) is 0 Å². The van der Waals surface area contributed by atoms with E-state index < -0.39 is 13.0 Å². The number of alkyl halides is 2. The number of hydrogen-bond acceptors (Lipinski definition) is 3. The Bertz CT molecular complexity index is 221. The first kappa shape index (κ1) is 13.3. The molecule has 1 aliphatic rings. The topological polar surface area (TPSA) is 52.6 Å². The number of rotatable bonds is 5. The summed E-state index contributed by atoms with van der Waals surface area (Å²) in [6.07, 6.45) is -1.18. The maximum Gasteiger partial charge on any atom is 0.255 e. The van der Waals surface area contributed by atoms with Crippen molar-refractivity contribution in [2.75, 3.05) is 32.8 Å². The van der Waals surface area contributed by atoms with Crippen molar-refractivity contribution < 1.29 is 18.7 Å². The van der Waals surface area contributed by atoms with E-state index in [1.54, 1.807) is 0 Å². The van der Waals surface area contributed by atoms with Crippen LogP contribution in [0.4, 0.5) is 8.78 Å². The standard InChI is InChI=1S/C10H18F2N2O2/c11-9(12)7-14(5-6-15)10(16)8-1-3-13-4-2-8/h8-9,13,15H,1-7H2. The molecule has 0 unspecified atom stereocenters. The maximum absolute atomic E-state index is 12.2. The number of aliphatic hydroxyl groups excluding tert-OH is 1. The molecule has 1 aliphatic heterocycles. The fraction of sp³-hybridized carbons (Fsp3) is 0.900. The van der Waals surface area contributed by atoms with Crippen LogP contribution < -0.4 is 5.32 Å². The van der Waals surface area contributed by atoms with Crippen molar-refractivity contribution in [1.29, 1.82) is 0 Å². The molecule has 0 aromatic heterocycles. The molecular weight excluding hydrogens is 218 g/mol. The number of carbonyl (C=O) groups excluding carboxylic acids is 1. The van der Waals surface area contributed by atoms with Crippen molar-refractivity contribution in [1.82, 2.24) is 10.2 Å². The molecule has 6 heteroatoms. The smallest absolute Gasteiger partial charge is 0.255 e. The van der Waals surface area contributed by atoms with Gasteiger partial charge in [-0.05, 0) is 25.9 Å². The molecule has 1 fully saturated rings. The van der Waals surface area contributed by atoms with Crippen molar-refractivity contribution >= 4 is 5.91 Å². The van der Waals surface area contributed by atoms with E-state index in [-0.39, 0.29) is 25.0 Å². The van der Waals surface area contributed by atoms with Crippen LogP contribution in [0, 0.1) is 5.92 Å². The minimum absolute atomic E-state index is 0.00684. The number of aliphatic hydroxyl groups is 1. The van der Waals surface area contributed by atoms with Crippen LogP contribution in [0.15, 0.2) is 0 Å². The van der Waals surface area contributed by atoms with Crippen LogP contribution in [-0.2, 0) is 4.79 Å². The summed E-state index contributed by atoms with van der Waals surface area (Å²) in [5.41, 5.74) is 0. The molecule has 0 aromatic carbocycles. The molecule has 1 rings (SSSR count). The monoisotopic (exact) mass is 236 g/mol. The van der Waals surface area contributed by atoms with Crippen LogP contribution >= 0.6 is 0 Å². The Balaban J connectivity index is 2.50. The lowest BCUT2D eigenvalue weighted by molar-refractivity contribution is -0.138. The Morgan fingerprint density at radius 1 is 1.44 bits per heavy atom. The van der Waals surface area contributed by atoms with Gasteiger partial charge in [-0.3, -0.25) is 4.79 Å². The summed E-state index contributed by atoms with van der Waals surface area (Å²) in [5, 5.41) is 11.9. The van der Waals surface area contributed by atoms with Crippen LogP contribution in [-0.4, -0.2) is 55.1 Å². The van der Waals surface area contributed by atoms with Crippen molar-refractivity contribution in [3.8, 4) is 0 Å². The highest BCUT2D eigenvalue weighted by Gasteiger charge is 2.27. The lowest BCUT2D eigenvalue weighted by Gasteiger charge is -2.29. The molecule has 16 heavy (non-hydrogen) atoms. The average Bonchev–Trinajstić information content (AvgIpc) is 2.28. The molecule has 0 radical (unpaired) electrons. The molecular formula is C10H18F2N2O2. The van der Waals surface area contributed by atoms with Crippen molar-refractivity contribution in [2.45, 2.75) is 19.3 Å². The SMILES string of the molecule is O=C(C1CCNCC1)N(CCO)CC(F)F. The second kappa shape index (κ2) is 6.75. The molecule has 0 aliphatic carbocycles. The number of amides is 1. The van der Waals surface area contributed by atoms with Gasteiger partial charge >= 0.3 is 0 Å². The quantitative estimate of drug-likeness (QED) is 0.710. The number of nitrogens with one attached hydrogen (secondary N) is 1. The molecule has 1 heterocycles. The van der Waals surface area contributed by atoms with Gasteiger partial charge < -0.3 is 15.3 Å². The third kappa shape index (κ3) is 4.02. The summed E-state index contributed by atoms with van der Waals surface area (Å²) >= 11 is 0. The molecule has 94 valence electrons. The normalized spacial score (nSPS) is 17.8. The van der Waals surface area contributed by atoms with Crippen molar-refractivity contribution in [3.05, 3.63) is 0 Å². The van der Waals surface area contributed by atoms with E-state index in [0.29, 0.717) is 12.8 Å². The molecule has 4 nitrogen and oxygen atoms in total. The highest BCUT2D eigenvalue weighted by molar-refractivity contribution is 5.79. The van der Waals surface area contributed by atoms with Gasteiger partial charge in [0.25, 0.3) is 6.43 Å². The summed E-state index contributed by atoms with van der Waals surface area (Å²) < 4.78 is 24.5. The second-order valence-electron chi connectivity index (χ2n) is 3.92. The van der Waals surface area contributed by atoms with E-state index >= 15 is 0 Å². The maximum atomic E-state index is 12.2. The van der Waals surface area contributed by atoms with E-state index in [2.05, 4.69) is 5.32 Å². The lowest BCUT2D eigenvalue weighted by Crippen LogP contribution is -2.44. The summed E-state index contributed by atoms with van der Waals surface area (Å²) in [5.74, 6) is -0.428. The third-order valence-corrected chi connectivity index (χ3v) is 2.73. The van der Waals surface area contributed by atoms with Gasteiger partial charge in [0.1, 0.15) is 0 Å². The fourth-order valence-corrected chi connectivity index (χ4v) is 1.91. The van der Waals surface area contributed by atoms with Gasteiger partial charge in [0.15, 0.2) is 0 Å². The van der Waals surface area contributed by atoms with Crippen LogP contribution in [0.5, 0.6) is 0 Å². The molecule has 0 aromatic rings. The van der Waals surface area contributed by atoms with Gasteiger partial charge in [0.2, 0.25) is 5.91 Å². The van der Waals surface area contributed by atoms with Gasteiger partial charge in [-0.2, -0.15) is 0 Å². The largest absolute Gasteiger partial charge is 0.395 e. The Labute approximate surface area is 93.6 Å². The van der Waals surface area contributed by atoms with Gasteiger partial charge in [-0.15, -0.1) is 0 Å². The van der Waals surface area contributed by atoms with Crippen LogP contribution in [0.3, 0.4) is 0 Å². The molecule has 0 atom stereocenters. The highest BCUT2D eigenvalue weighted by Crippen LogP contribution is 2.15. The number of hydrogen-bond donors (Lipinski definition) is 2. The van der Waals surface area contributed by atoms with Crippen molar-refractivity contribution in [2.24, 2.45) is 5.92 Å².